The summed E-state index contributed by atoms with van der Waals surface area (Å²) >= 11 is 6.22. The molecule has 1 saturated carbocycles. The van der Waals surface area contributed by atoms with Crippen molar-refractivity contribution < 1.29 is 0 Å². The molecule has 1 aromatic heterocycles. The largest absolute Gasteiger partial charge is 0.357 e. The third kappa shape index (κ3) is 4.08. The molecule has 0 bridgehead atoms. The predicted octanol–water partition coefficient (Wildman–Crippen LogP) is 3.61. The summed E-state index contributed by atoms with van der Waals surface area (Å²) in [4.78, 5) is 6.94. The van der Waals surface area contributed by atoms with Crippen molar-refractivity contribution in [1.82, 2.24) is 10.3 Å². The van der Waals surface area contributed by atoms with Gasteiger partial charge < -0.3 is 10.2 Å². The molecule has 0 amide bonds. The highest BCUT2D eigenvalue weighted by molar-refractivity contribution is 6.31. The molecule has 0 radical (unpaired) electrons. The Morgan fingerprint density at radius 3 is 2.84 bits per heavy atom. The normalized spacial score (nSPS) is 16.4. The molecule has 1 N–H and O–H groups in total. The number of anilines is 1. The minimum atomic E-state index is 0.503. The molecular weight excluding hydrogens is 258 g/mol. The van der Waals surface area contributed by atoms with Gasteiger partial charge in [-0.3, -0.25) is 0 Å². The van der Waals surface area contributed by atoms with Gasteiger partial charge in [0.05, 0.1) is 10.7 Å². The molecule has 1 fully saturated rings. The van der Waals surface area contributed by atoms with Crippen LogP contribution in [0.3, 0.4) is 0 Å². The van der Waals surface area contributed by atoms with Crippen LogP contribution in [0.5, 0.6) is 0 Å². The molecule has 1 aliphatic carbocycles. The van der Waals surface area contributed by atoms with Gasteiger partial charge in [0.25, 0.3) is 0 Å². The molecule has 19 heavy (non-hydrogen) atoms. The first-order chi connectivity index (χ1) is 9.11. The first kappa shape index (κ1) is 14.6. The van der Waals surface area contributed by atoms with Crippen molar-refractivity contribution in [3.8, 4) is 0 Å². The van der Waals surface area contributed by atoms with Crippen LogP contribution in [0.15, 0.2) is 12.1 Å². The lowest BCUT2D eigenvalue weighted by atomic mass is 10.2. The van der Waals surface area contributed by atoms with Crippen LogP contribution in [-0.2, 0) is 6.54 Å². The summed E-state index contributed by atoms with van der Waals surface area (Å²) in [6.07, 6.45) is 4.93. The summed E-state index contributed by atoms with van der Waals surface area (Å²) in [7, 11) is 2.11. The second kappa shape index (κ2) is 6.58. The van der Waals surface area contributed by atoms with Crippen LogP contribution in [-0.4, -0.2) is 24.1 Å². The van der Waals surface area contributed by atoms with E-state index in [2.05, 4.69) is 31.1 Å². The number of nitrogens with one attached hydrogen (secondary N) is 1. The van der Waals surface area contributed by atoms with Gasteiger partial charge in [0.1, 0.15) is 5.82 Å². The molecule has 1 aliphatic rings. The van der Waals surface area contributed by atoms with Gasteiger partial charge in [0.2, 0.25) is 0 Å². The Bertz CT molecular complexity index is 418. The average molecular weight is 282 g/mol. The molecular formula is C15H24ClN3. The third-order valence-corrected chi connectivity index (χ3v) is 4.11. The van der Waals surface area contributed by atoms with Gasteiger partial charge in [0, 0.05) is 25.7 Å². The van der Waals surface area contributed by atoms with E-state index in [-0.39, 0.29) is 0 Å². The lowest BCUT2D eigenvalue weighted by Gasteiger charge is -2.26. The fourth-order valence-electron chi connectivity index (χ4n) is 2.16. The van der Waals surface area contributed by atoms with Gasteiger partial charge in [-0.15, -0.1) is 0 Å². The molecule has 0 spiro atoms. The van der Waals surface area contributed by atoms with E-state index in [9.17, 15) is 0 Å². The monoisotopic (exact) mass is 281 g/mol. The van der Waals surface area contributed by atoms with Crippen LogP contribution in [0.2, 0.25) is 5.02 Å². The number of aromatic nitrogens is 1. The van der Waals surface area contributed by atoms with Gasteiger partial charge in [-0.05, 0) is 38.3 Å². The lowest BCUT2D eigenvalue weighted by molar-refractivity contribution is 0.608. The minimum absolute atomic E-state index is 0.503. The van der Waals surface area contributed by atoms with Crippen LogP contribution in [0.25, 0.3) is 0 Å². The van der Waals surface area contributed by atoms with Crippen molar-refractivity contribution in [1.29, 1.82) is 0 Å². The van der Waals surface area contributed by atoms with Crippen LogP contribution >= 0.6 is 11.6 Å². The maximum Gasteiger partial charge on any atom is 0.128 e. The average Bonchev–Trinajstić information content (AvgIpc) is 3.21. The van der Waals surface area contributed by atoms with Crippen LogP contribution < -0.4 is 10.2 Å². The molecule has 106 valence electrons. The molecule has 1 aromatic rings. The molecule has 1 atom stereocenters. The van der Waals surface area contributed by atoms with E-state index in [1.54, 1.807) is 0 Å². The minimum Gasteiger partial charge on any atom is -0.357 e. The summed E-state index contributed by atoms with van der Waals surface area (Å²) in [5, 5.41) is 4.23. The van der Waals surface area contributed by atoms with E-state index >= 15 is 0 Å². The molecule has 2 rings (SSSR count). The Balaban J connectivity index is 2.05. The van der Waals surface area contributed by atoms with E-state index in [0.717, 1.165) is 23.1 Å². The van der Waals surface area contributed by atoms with Gasteiger partial charge in [-0.1, -0.05) is 24.9 Å². The van der Waals surface area contributed by atoms with Crippen LogP contribution in [0.4, 0.5) is 5.82 Å². The van der Waals surface area contributed by atoms with Crippen molar-refractivity contribution >= 4 is 17.4 Å². The fourth-order valence-corrected chi connectivity index (χ4v) is 2.33. The zero-order chi connectivity index (χ0) is 13.8. The number of halogens is 1. The fraction of sp³-hybridized carbons (Fsp3) is 0.667. The van der Waals surface area contributed by atoms with Gasteiger partial charge in [0.15, 0.2) is 0 Å². The highest BCUT2D eigenvalue weighted by Crippen LogP contribution is 2.23. The summed E-state index contributed by atoms with van der Waals surface area (Å²) < 4.78 is 0. The summed E-state index contributed by atoms with van der Waals surface area (Å²) in [5.74, 6) is 1.01. The Morgan fingerprint density at radius 2 is 2.21 bits per heavy atom. The van der Waals surface area contributed by atoms with E-state index in [0.29, 0.717) is 12.1 Å². The molecule has 1 unspecified atom stereocenters. The van der Waals surface area contributed by atoms with Crippen molar-refractivity contribution in [3.05, 3.63) is 22.8 Å². The Kier molecular flexibility index (Phi) is 5.06. The van der Waals surface area contributed by atoms with E-state index < -0.39 is 0 Å². The topological polar surface area (TPSA) is 28.2 Å². The van der Waals surface area contributed by atoms with Crippen LogP contribution in [0.1, 0.15) is 45.2 Å². The molecule has 0 saturated heterocycles. The highest BCUT2D eigenvalue weighted by atomic mass is 35.5. The second-order valence-electron chi connectivity index (χ2n) is 5.50. The SMILES string of the molecule is CCCC(C)N(C)c1ccc(Cl)c(CNC2CC2)n1. The van der Waals surface area contributed by atoms with Crippen molar-refractivity contribution in [2.75, 3.05) is 11.9 Å². The summed E-state index contributed by atoms with van der Waals surface area (Å²) in [6.45, 7) is 5.22. The van der Waals surface area contributed by atoms with Crippen molar-refractivity contribution in [2.24, 2.45) is 0 Å². The number of hydrogen-bond donors (Lipinski definition) is 1. The van der Waals surface area contributed by atoms with Gasteiger partial charge in [-0.25, -0.2) is 4.98 Å². The van der Waals surface area contributed by atoms with Crippen LogP contribution in [0, 0.1) is 0 Å². The second-order valence-corrected chi connectivity index (χ2v) is 5.91. The van der Waals surface area contributed by atoms with Gasteiger partial charge >= 0.3 is 0 Å². The van der Waals surface area contributed by atoms with E-state index in [4.69, 9.17) is 16.6 Å². The summed E-state index contributed by atoms with van der Waals surface area (Å²) in [6, 6.07) is 5.15. The Morgan fingerprint density at radius 1 is 1.47 bits per heavy atom. The predicted molar refractivity (Wildman–Crippen MR) is 81.9 cm³/mol. The smallest absolute Gasteiger partial charge is 0.128 e. The number of hydrogen-bond acceptors (Lipinski definition) is 3. The molecule has 0 aromatic carbocycles. The first-order valence-corrected chi connectivity index (χ1v) is 7.61. The van der Waals surface area contributed by atoms with Gasteiger partial charge in [-0.2, -0.15) is 0 Å². The molecule has 1 heterocycles. The van der Waals surface area contributed by atoms with E-state index in [1.807, 2.05) is 12.1 Å². The maximum atomic E-state index is 6.22. The Labute approximate surface area is 121 Å². The Hall–Kier alpha value is -0.800. The van der Waals surface area contributed by atoms with Crippen molar-refractivity contribution in [2.45, 2.75) is 58.2 Å². The zero-order valence-corrected chi connectivity index (χ0v) is 12.9. The zero-order valence-electron chi connectivity index (χ0n) is 12.1. The van der Waals surface area contributed by atoms with Crippen molar-refractivity contribution in [3.63, 3.8) is 0 Å². The quantitative estimate of drug-likeness (QED) is 0.827. The third-order valence-electron chi connectivity index (χ3n) is 3.77. The molecule has 3 nitrogen and oxygen atoms in total. The van der Waals surface area contributed by atoms with E-state index in [1.165, 1.54) is 25.7 Å². The molecule has 0 aliphatic heterocycles. The number of nitrogens with zero attached hydrogens (tertiary/aromatic N) is 2. The molecule has 4 heteroatoms. The highest BCUT2D eigenvalue weighted by Gasteiger charge is 2.21. The maximum absolute atomic E-state index is 6.22. The lowest BCUT2D eigenvalue weighted by Crippen LogP contribution is -2.29. The first-order valence-electron chi connectivity index (χ1n) is 7.23. The summed E-state index contributed by atoms with van der Waals surface area (Å²) in [5.41, 5.74) is 0.960. The number of pyridine rings is 1. The number of rotatable bonds is 7. The standard InChI is InChI=1S/C15H24ClN3/c1-4-5-11(2)19(3)15-9-8-13(16)14(18-15)10-17-12-6-7-12/h8-9,11-12,17H,4-7,10H2,1-3H3.